The smallest absolute Gasteiger partial charge is 0.305 e. The summed E-state index contributed by atoms with van der Waals surface area (Å²) in [6.07, 6.45) is 7.71. The Morgan fingerprint density at radius 1 is 1.06 bits per heavy atom. The van der Waals surface area contributed by atoms with Crippen LogP contribution >= 0.6 is 0 Å². The van der Waals surface area contributed by atoms with Gasteiger partial charge in [0.05, 0.1) is 7.11 Å². The molecule has 0 aliphatic heterocycles. The zero-order valence-corrected chi connectivity index (χ0v) is 22.6. The largest absolute Gasteiger partial charge is 0.469 e. The molecule has 0 N–H and O–H groups in total. The molecule has 0 saturated heterocycles. The van der Waals surface area contributed by atoms with E-state index in [-0.39, 0.29) is 65.5 Å². The molecule has 7 nitrogen and oxygen atoms in total. The first-order chi connectivity index (χ1) is 16.9. The number of ether oxygens (including phenoxy) is 3. The number of carbonyl (C=O) groups excluding carboxylic acids is 4. The number of methoxy groups -OCH3 is 1. The third-order valence-electron chi connectivity index (χ3n) is 10.3. The predicted molar refractivity (Wildman–Crippen MR) is 132 cm³/mol. The van der Waals surface area contributed by atoms with E-state index in [0.29, 0.717) is 18.3 Å². The van der Waals surface area contributed by atoms with Crippen LogP contribution in [0.3, 0.4) is 0 Å². The van der Waals surface area contributed by atoms with Crippen LogP contribution in [-0.4, -0.2) is 43.0 Å². The molecule has 36 heavy (non-hydrogen) atoms. The lowest BCUT2D eigenvalue weighted by molar-refractivity contribution is -0.173. The molecule has 3 fully saturated rings. The first-order valence-electron chi connectivity index (χ1n) is 13.6. The third-order valence-corrected chi connectivity index (χ3v) is 10.3. The van der Waals surface area contributed by atoms with Gasteiger partial charge in [0.15, 0.2) is 5.78 Å². The van der Waals surface area contributed by atoms with E-state index in [1.54, 1.807) is 0 Å². The minimum atomic E-state index is -0.572. The van der Waals surface area contributed by atoms with E-state index >= 15 is 0 Å². The van der Waals surface area contributed by atoms with Crippen LogP contribution in [-0.2, 0) is 33.4 Å². The molecule has 3 saturated carbocycles. The molecule has 0 radical (unpaired) electrons. The van der Waals surface area contributed by atoms with Crippen LogP contribution in [0.5, 0.6) is 0 Å². The number of allylic oxidation sites excluding steroid dienone is 1. The summed E-state index contributed by atoms with van der Waals surface area (Å²) in [5.74, 6) is -0.0892. The predicted octanol–water partition coefficient (Wildman–Crippen LogP) is 4.81. The molecule has 7 heteroatoms. The van der Waals surface area contributed by atoms with Crippen molar-refractivity contribution >= 4 is 23.7 Å². The highest BCUT2D eigenvalue weighted by atomic mass is 16.5. The van der Waals surface area contributed by atoms with Crippen LogP contribution in [0.4, 0.5) is 0 Å². The van der Waals surface area contributed by atoms with Gasteiger partial charge in [-0.3, -0.25) is 19.2 Å². The Labute approximate surface area is 214 Å². The number of esters is 3. The van der Waals surface area contributed by atoms with Crippen LogP contribution in [0, 0.1) is 40.4 Å². The maximum atomic E-state index is 13.5. The Morgan fingerprint density at radius 3 is 2.39 bits per heavy atom. The summed E-state index contributed by atoms with van der Waals surface area (Å²) in [5.41, 5.74) is 0.613. The van der Waals surface area contributed by atoms with Gasteiger partial charge in [0, 0.05) is 31.6 Å². The summed E-state index contributed by atoms with van der Waals surface area (Å²) in [5, 5.41) is 0. The number of carbonyl (C=O) groups is 4. The fraction of sp³-hybridized carbons (Fsp3) is 0.793. The second-order valence-corrected chi connectivity index (χ2v) is 12.2. The zero-order valence-electron chi connectivity index (χ0n) is 22.6. The van der Waals surface area contributed by atoms with Gasteiger partial charge in [-0.15, -0.1) is 0 Å². The lowest BCUT2D eigenvalue weighted by Crippen LogP contribution is -2.57. The lowest BCUT2D eigenvalue weighted by Gasteiger charge is -2.61. The summed E-state index contributed by atoms with van der Waals surface area (Å²) in [6, 6.07) is 0. The topological polar surface area (TPSA) is 96.0 Å². The molecule has 0 aromatic rings. The standard InChI is InChI=1S/C29H42O7/c1-16(7-10-26(33)34-6)27-24(32)14-23-21-9-8-19-13-20(35-17(2)30)11-12-28(19,4)22(21)15-25(29(23,27)5)36-18(3)31/h14,16,19-22,25,27H,7-13,15H2,1-6H3/t16-,19-,20-,21-,22+,25+,27+,28+,29-/m1/s1. The summed E-state index contributed by atoms with van der Waals surface area (Å²) in [4.78, 5) is 49.2. The highest BCUT2D eigenvalue weighted by Crippen LogP contribution is 2.67. The summed E-state index contributed by atoms with van der Waals surface area (Å²) in [6.45, 7) is 9.42. The summed E-state index contributed by atoms with van der Waals surface area (Å²) in [7, 11) is 1.38. The number of hydrogen-bond acceptors (Lipinski definition) is 7. The van der Waals surface area contributed by atoms with Crippen molar-refractivity contribution in [3.8, 4) is 0 Å². The molecule has 0 spiro atoms. The molecule has 4 rings (SSSR count). The molecule has 9 atom stereocenters. The van der Waals surface area contributed by atoms with Crippen molar-refractivity contribution in [2.24, 2.45) is 40.4 Å². The van der Waals surface area contributed by atoms with Gasteiger partial charge in [-0.05, 0) is 80.1 Å². The minimum Gasteiger partial charge on any atom is -0.469 e. The second-order valence-electron chi connectivity index (χ2n) is 12.2. The first kappa shape index (κ1) is 26.9. The van der Waals surface area contributed by atoms with E-state index < -0.39 is 5.41 Å². The monoisotopic (exact) mass is 502 g/mol. The normalized spacial score (nSPS) is 40.2. The fourth-order valence-corrected chi connectivity index (χ4v) is 8.60. The van der Waals surface area contributed by atoms with Crippen LogP contribution in [0.1, 0.15) is 86.0 Å². The Bertz CT molecular complexity index is 953. The Hall–Kier alpha value is -2.18. The lowest BCUT2D eigenvalue weighted by atomic mass is 9.45. The van der Waals surface area contributed by atoms with Gasteiger partial charge in [-0.2, -0.15) is 0 Å². The van der Waals surface area contributed by atoms with Crippen LogP contribution < -0.4 is 0 Å². The average molecular weight is 503 g/mol. The molecule has 0 amide bonds. The Balaban J connectivity index is 1.64. The van der Waals surface area contributed by atoms with E-state index in [4.69, 9.17) is 14.2 Å². The van der Waals surface area contributed by atoms with Gasteiger partial charge in [0.25, 0.3) is 0 Å². The molecule has 4 aliphatic rings. The molecular formula is C29H42O7. The molecule has 4 aliphatic carbocycles. The number of ketones is 1. The molecular weight excluding hydrogens is 460 g/mol. The third kappa shape index (κ3) is 4.51. The van der Waals surface area contributed by atoms with Crippen molar-refractivity contribution in [2.45, 2.75) is 98.2 Å². The van der Waals surface area contributed by atoms with E-state index in [0.717, 1.165) is 44.1 Å². The number of fused-ring (bicyclic) bond motifs is 5. The van der Waals surface area contributed by atoms with Crippen LogP contribution in [0.15, 0.2) is 11.6 Å². The molecule has 0 aromatic heterocycles. The van der Waals surface area contributed by atoms with Gasteiger partial charge in [0.2, 0.25) is 0 Å². The average Bonchev–Trinajstić information content (AvgIpc) is 3.08. The molecule has 0 heterocycles. The van der Waals surface area contributed by atoms with E-state index in [1.807, 2.05) is 13.0 Å². The molecule has 0 unspecified atom stereocenters. The van der Waals surface area contributed by atoms with Crippen molar-refractivity contribution in [3.05, 3.63) is 11.6 Å². The highest BCUT2D eigenvalue weighted by molar-refractivity contribution is 5.97. The molecule has 200 valence electrons. The van der Waals surface area contributed by atoms with Gasteiger partial charge in [0.1, 0.15) is 12.2 Å². The SMILES string of the molecule is COC(=O)CC[C@@H](C)[C@H]1C(=O)C=C2[C@@H]3CC[C@@H]4C[C@H](OC(C)=O)CC[C@]4(C)[C@H]3C[C@H](OC(C)=O)[C@@]21C. The second kappa shape index (κ2) is 9.94. The molecule has 0 aromatic carbocycles. The minimum absolute atomic E-state index is 0.0254. The maximum absolute atomic E-state index is 13.5. The van der Waals surface area contributed by atoms with Crippen molar-refractivity contribution < 1.29 is 33.4 Å². The van der Waals surface area contributed by atoms with E-state index in [1.165, 1.54) is 21.0 Å². The van der Waals surface area contributed by atoms with Gasteiger partial charge in [-0.25, -0.2) is 0 Å². The van der Waals surface area contributed by atoms with Gasteiger partial charge >= 0.3 is 17.9 Å². The van der Waals surface area contributed by atoms with Crippen molar-refractivity contribution in [1.29, 1.82) is 0 Å². The number of rotatable bonds is 6. The summed E-state index contributed by atoms with van der Waals surface area (Å²) >= 11 is 0. The Kier molecular flexibility index (Phi) is 7.42. The van der Waals surface area contributed by atoms with Gasteiger partial charge < -0.3 is 14.2 Å². The van der Waals surface area contributed by atoms with E-state index in [2.05, 4.69) is 13.8 Å². The quantitative estimate of drug-likeness (QED) is 0.380. The maximum Gasteiger partial charge on any atom is 0.305 e. The zero-order chi connectivity index (χ0) is 26.4. The first-order valence-corrected chi connectivity index (χ1v) is 13.6. The number of hydrogen-bond donors (Lipinski definition) is 0. The Morgan fingerprint density at radius 2 is 1.75 bits per heavy atom. The van der Waals surface area contributed by atoms with Gasteiger partial charge in [-0.1, -0.05) is 26.3 Å². The fourth-order valence-electron chi connectivity index (χ4n) is 8.60. The van der Waals surface area contributed by atoms with Crippen LogP contribution in [0.2, 0.25) is 0 Å². The highest BCUT2D eigenvalue weighted by Gasteiger charge is 2.64. The van der Waals surface area contributed by atoms with Crippen molar-refractivity contribution in [2.75, 3.05) is 7.11 Å². The van der Waals surface area contributed by atoms with Crippen LogP contribution in [0.25, 0.3) is 0 Å². The van der Waals surface area contributed by atoms with Crippen molar-refractivity contribution in [3.63, 3.8) is 0 Å². The van der Waals surface area contributed by atoms with Crippen molar-refractivity contribution in [1.82, 2.24) is 0 Å². The molecule has 0 bridgehead atoms. The van der Waals surface area contributed by atoms with E-state index in [9.17, 15) is 19.2 Å². The summed E-state index contributed by atoms with van der Waals surface area (Å²) < 4.78 is 16.4.